The maximum atomic E-state index is 6.54. The molecule has 1 unspecified atom stereocenters. The monoisotopic (exact) mass is 239 g/mol. The van der Waals surface area contributed by atoms with E-state index in [0.717, 1.165) is 13.1 Å². The highest BCUT2D eigenvalue weighted by Crippen LogP contribution is 2.39. The second-order valence-corrected chi connectivity index (χ2v) is 6.36. The summed E-state index contributed by atoms with van der Waals surface area (Å²) >= 11 is 0. The molecule has 0 aromatic carbocycles. The highest BCUT2D eigenvalue weighted by atomic mass is 16.5. The summed E-state index contributed by atoms with van der Waals surface area (Å²) in [5.74, 6) is 0. The molecule has 2 nitrogen and oxygen atoms in total. The molecule has 0 amide bonds. The fraction of sp³-hybridized carbons (Fsp3) is 1.00. The summed E-state index contributed by atoms with van der Waals surface area (Å²) in [7, 11) is 0. The van der Waals surface area contributed by atoms with Crippen LogP contribution in [0.2, 0.25) is 0 Å². The van der Waals surface area contributed by atoms with Crippen molar-refractivity contribution in [1.29, 1.82) is 0 Å². The van der Waals surface area contributed by atoms with Gasteiger partial charge >= 0.3 is 0 Å². The normalized spacial score (nSPS) is 32.1. The number of ether oxygens (including phenoxy) is 1. The molecule has 1 aliphatic heterocycles. The Balaban J connectivity index is 1.82. The van der Waals surface area contributed by atoms with Crippen LogP contribution in [0.15, 0.2) is 0 Å². The van der Waals surface area contributed by atoms with Gasteiger partial charge in [-0.15, -0.1) is 0 Å². The van der Waals surface area contributed by atoms with Gasteiger partial charge in [0, 0.05) is 13.1 Å². The van der Waals surface area contributed by atoms with Crippen molar-refractivity contribution in [3.05, 3.63) is 0 Å². The third-order valence-electron chi connectivity index (χ3n) is 4.48. The van der Waals surface area contributed by atoms with Crippen molar-refractivity contribution in [3.8, 4) is 0 Å². The second-order valence-electron chi connectivity index (χ2n) is 6.36. The lowest BCUT2D eigenvalue weighted by molar-refractivity contribution is -0.170. The van der Waals surface area contributed by atoms with Crippen LogP contribution in [0.3, 0.4) is 0 Å². The molecule has 1 atom stereocenters. The number of nitrogens with one attached hydrogen (secondary N) is 1. The van der Waals surface area contributed by atoms with Crippen LogP contribution < -0.4 is 5.32 Å². The fourth-order valence-electron chi connectivity index (χ4n) is 3.51. The van der Waals surface area contributed by atoms with Gasteiger partial charge in [-0.3, -0.25) is 0 Å². The van der Waals surface area contributed by atoms with Gasteiger partial charge < -0.3 is 10.1 Å². The molecule has 1 saturated heterocycles. The largest absolute Gasteiger partial charge is 0.366 e. The standard InChI is InChI=1S/C15H29NO/c1-3-4-5-6-9-14(2)12-16-13-15(17-14)10-7-8-11-15/h16H,3-13H2,1-2H3. The molecular weight excluding hydrogens is 210 g/mol. The molecule has 1 heterocycles. The zero-order chi connectivity index (χ0) is 12.2. The number of hydrogen-bond donors (Lipinski definition) is 1. The van der Waals surface area contributed by atoms with Crippen molar-refractivity contribution in [2.75, 3.05) is 13.1 Å². The molecule has 0 bridgehead atoms. The van der Waals surface area contributed by atoms with E-state index in [1.807, 2.05) is 0 Å². The van der Waals surface area contributed by atoms with Crippen molar-refractivity contribution in [2.45, 2.75) is 82.8 Å². The summed E-state index contributed by atoms with van der Waals surface area (Å²) in [5, 5.41) is 3.62. The van der Waals surface area contributed by atoms with Gasteiger partial charge in [0.1, 0.15) is 0 Å². The molecule has 1 saturated carbocycles. The van der Waals surface area contributed by atoms with Crippen LogP contribution >= 0.6 is 0 Å². The first-order valence-corrected chi connectivity index (χ1v) is 7.59. The lowest BCUT2D eigenvalue weighted by Crippen LogP contribution is -2.58. The molecule has 2 fully saturated rings. The number of rotatable bonds is 5. The van der Waals surface area contributed by atoms with Gasteiger partial charge in [-0.1, -0.05) is 45.4 Å². The van der Waals surface area contributed by atoms with Crippen LogP contribution in [-0.4, -0.2) is 24.3 Å². The summed E-state index contributed by atoms with van der Waals surface area (Å²) in [6.45, 7) is 6.71. The number of unbranched alkanes of at least 4 members (excludes halogenated alkanes) is 3. The minimum Gasteiger partial charge on any atom is -0.366 e. The first-order valence-electron chi connectivity index (χ1n) is 7.59. The molecule has 0 radical (unpaired) electrons. The van der Waals surface area contributed by atoms with Gasteiger partial charge in [-0.2, -0.15) is 0 Å². The second kappa shape index (κ2) is 5.71. The van der Waals surface area contributed by atoms with Crippen LogP contribution in [0.25, 0.3) is 0 Å². The minimum absolute atomic E-state index is 0.0936. The SMILES string of the molecule is CCCCCCC1(C)CNCC2(CCCC2)O1. The van der Waals surface area contributed by atoms with Crippen molar-refractivity contribution in [3.63, 3.8) is 0 Å². The Hall–Kier alpha value is -0.0800. The molecule has 2 aliphatic rings. The molecule has 1 aliphatic carbocycles. The lowest BCUT2D eigenvalue weighted by Gasteiger charge is -2.46. The lowest BCUT2D eigenvalue weighted by atomic mass is 9.91. The van der Waals surface area contributed by atoms with Gasteiger partial charge in [0.2, 0.25) is 0 Å². The number of hydrogen-bond acceptors (Lipinski definition) is 2. The van der Waals surface area contributed by atoms with Gasteiger partial charge in [0.05, 0.1) is 11.2 Å². The van der Waals surface area contributed by atoms with E-state index in [-0.39, 0.29) is 11.2 Å². The van der Waals surface area contributed by atoms with Gasteiger partial charge in [0.25, 0.3) is 0 Å². The Labute approximate surface area is 107 Å². The van der Waals surface area contributed by atoms with E-state index in [1.165, 1.54) is 57.8 Å². The van der Waals surface area contributed by atoms with E-state index in [2.05, 4.69) is 19.2 Å². The van der Waals surface area contributed by atoms with Crippen LogP contribution in [0, 0.1) is 0 Å². The first kappa shape index (κ1) is 13.4. The van der Waals surface area contributed by atoms with E-state index >= 15 is 0 Å². The van der Waals surface area contributed by atoms with Crippen molar-refractivity contribution < 1.29 is 4.74 Å². The first-order chi connectivity index (χ1) is 8.18. The highest BCUT2D eigenvalue weighted by molar-refractivity contribution is 4.97. The molecule has 0 aromatic heterocycles. The van der Waals surface area contributed by atoms with Gasteiger partial charge in [-0.05, 0) is 26.2 Å². The Morgan fingerprint density at radius 3 is 2.53 bits per heavy atom. The topological polar surface area (TPSA) is 21.3 Å². The molecule has 0 aromatic rings. The van der Waals surface area contributed by atoms with E-state index in [4.69, 9.17) is 4.74 Å². The van der Waals surface area contributed by atoms with Crippen LogP contribution in [-0.2, 0) is 4.74 Å². The Bertz CT molecular complexity index is 235. The fourth-order valence-corrected chi connectivity index (χ4v) is 3.51. The van der Waals surface area contributed by atoms with E-state index in [9.17, 15) is 0 Å². The maximum absolute atomic E-state index is 6.54. The van der Waals surface area contributed by atoms with E-state index in [1.54, 1.807) is 0 Å². The van der Waals surface area contributed by atoms with Crippen LogP contribution in [0.1, 0.15) is 71.6 Å². The summed E-state index contributed by atoms with van der Waals surface area (Å²) in [4.78, 5) is 0. The summed E-state index contributed by atoms with van der Waals surface area (Å²) in [6, 6.07) is 0. The van der Waals surface area contributed by atoms with Crippen molar-refractivity contribution in [2.24, 2.45) is 0 Å². The smallest absolute Gasteiger partial charge is 0.0814 e. The predicted molar refractivity (Wildman–Crippen MR) is 72.3 cm³/mol. The molecular formula is C15H29NO. The zero-order valence-corrected chi connectivity index (χ0v) is 11.7. The minimum atomic E-state index is 0.0936. The quantitative estimate of drug-likeness (QED) is 0.739. The van der Waals surface area contributed by atoms with Gasteiger partial charge in [0.15, 0.2) is 0 Å². The average molecular weight is 239 g/mol. The molecule has 2 rings (SSSR count). The average Bonchev–Trinajstić information content (AvgIpc) is 2.72. The van der Waals surface area contributed by atoms with Crippen molar-refractivity contribution in [1.82, 2.24) is 5.32 Å². The zero-order valence-electron chi connectivity index (χ0n) is 11.7. The summed E-state index contributed by atoms with van der Waals surface area (Å²) in [6.07, 6.45) is 11.8. The molecule has 1 spiro atoms. The van der Waals surface area contributed by atoms with Crippen LogP contribution in [0.4, 0.5) is 0 Å². The Morgan fingerprint density at radius 2 is 1.82 bits per heavy atom. The maximum Gasteiger partial charge on any atom is 0.0814 e. The third-order valence-corrected chi connectivity index (χ3v) is 4.48. The Morgan fingerprint density at radius 1 is 1.06 bits per heavy atom. The summed E-state index contributed by atoms with van der Waals surface area (Å²) in [5.41, 5.74) is 0.286. The third kappa shape index (κ3) is 3.45. The van der Waals surface area contributed by atoms with E-state index < -0.39 is 0 Å². The molecule has 1 N–H and O–H groups in total. The molecule has 17 heavy (non-hydrogen) atoms. The Kier molecular flexibility index (Phi) is 4.48. The molecule has 100 valence electrons. The van der Waals surface area contributed by atoms with Crippen LogP contribution in [0.5, 0.6) is 0 Å². The molecule has 2 heteroatoms. The van der Waals surface area contributed by atoms with Gasteiger partial charge in [-0.25, -0.2) is 0 Å². The predicted octanol–water partition coefficient (Wildman–Crippen LogP) is 3.65. The van der Waals surface area contributed by atoms with E-state index in [0.29, 0.717) is 0 Å². The highest BCUT2D eigenvalue weighted by Gasteiger charge is 2.44. The summed E-state index contributed by atoms with van der Waals surface area (Å²) < 4.78 is 6.54. The number of morpholine rings is 1. The van der Waals surface area contributed by atoms with Crippen molar-refractivity contribution >= 4 is 0 Å².